The summed E-state index contributed by atoms with van der Waals surface area (Å²) in [5.41, 5.74) is 1.99. The van der Waals surface area contributed by atoms with E-state index in [1.807, 2.05) is 49.4 Å². The molecule has 1 amide bonds. The van der Waals surface area contributed by atoms with E-state index < -0.39 is 0 Å². The van der Waals surface area contributed by atoms with Crippen LogP contribution in [0.1, 0.15) is 30.5 Å². The van der Waals surface area contributed by atoms with E-state index in [1.165, 1.54) is 0 Å². The number of ether oxygens (including phenoxy) is 3. The summed E-state index contributed by atoms with van der Waals surface area (Å²) in [6.07, 6.45) is 1.03. The van der Waals surface area contributed by atoms with Crippen molar-refractivity contribution in [3.8, 4) is 17.2 Å². The highest BCUT2D eigenvalue weighted by atomic mass is 16.5. The lowest BCUT2D eigenvalue weighted by atomic mass is 10.1. The first-order valence-corrected chi connectivity index (χ1v) is 8.22. The summed E-state index contributed by atoms with van der Waals surface area (Å²) in [5, 5.41) is 3.02. The van der Waals surface area contributed by atoms with Crippen molar-refractivity contribution in [3.05, 3.63) is 53.6 Å². The maximum Gasteiger partial charge on any atom is 0.220 e. The van der Waals surface area contributed by atoms with E-state index in [2.05, 4.69) is 5.32 Å². The third-order valence-corrected chi connectivity index (χ3v) is 4.07. The average Bonchev–Trinajstić information content (AvgIpc) is 2.65. The number of hydrogen-bond acceptors (Lipinski definition) is 4. The van der Waals surface area contributed by atoms with Crippen molar-refractivity contribution in [2.75, 3.05) is 21.3 Å². The molecule has 1 atom stereocenters. The minimum absolute atomic E-state index is 0.00630. The van der Waals surface area contributed by atoms with Gasteiger partial charge in [0.15, 0.2) is 11.5 Å². The van der Waals surface area contributed by atoms with Gasteiger partial charge in [0.25, 0.3) is 0 Å². The molecule has 1 N–H and O–H groups in total. The van der Waals surface area contributed by atoms with E-state index in [0.717, 1.165) is 16.9 Å². The number of carbonyl (C=O) groups excluding carboxylic acids is 1. The Bertz CT molecular complexity index is 715. The summed E-state index contributed by atoms with van der Waals surface area (Å²) in [5.74, 6) is 2.12. The van der Waals surface area contributed by atoms with Crippen molar-refractivity contribution >= 4 is 5.91 Å². The number of benzene rings is 2. The number of methoxy groups -OCH3 is 3. The fraction of sp³-hybridized carbons (Fsp3) is 0.350. The van der Waals surface area contributed by atoms with Gasteiger partial charge in [0, 0.05) is 12.0 Å². The van der Waals surface area contributed by atoms with Gasteiger partial charge in [-0.05, 0) is 37.1 Å². The Morgan fingerprint density at radius 3 is 2.32 bits per heavy atom. The molecule has 0 unspecified atom stereocenters. The maximum absolute atomic E-state index is 12.3. The number of rotatable bonds is 8. The summed E-state index contributed by atoms with van der Waals surface area (Å²) in [4.78, 5) is 12.3. The van der Waals surface area contributed by atoms with E-state index in [9.17, 15) is 4.79 Å². The number of hydrogen-bond donors (Lipinski definition) is 1. The molecule has 0 saturated heterocycles. The molecule has 5 nitrogen and oxygen atoms in total. The molecule has 0 heterocycles. The molecule has 0 aliphatic rings. The normalized spacial score (nSPS) is 11.5. The zero-order valence-corrected chi connectivity index (χ0v) is 15.2. The van der Waals surface area contributed by atoms with E-state index in [-0.39, 0.29) is 11.9 Å². The van der Waals surface area contributed by atoms with Crippen LogP contribution < -0.4 is 19.5 Å². The molecule has 0 aliphatic heterocycles. The van der Waals surface area contributed by atoms with Crippen molar-refractivity contribution in [3.63, 3.8) is 0 Å². The van der Waals surface area contributed by atoms with Gasteiger partial charge >= 0.3 is 0 Å². The summed E-state index contributed by atoms with van der Waals surface area (Å²) >= 11 is 0. The lowest BCUT2D eigenvalue weighted by molar-refractivity contribution is -0.121. The topological polar surface area (TPSA) is 56.8 Å². The van der Waals surface area contributed by atoms with Crippen LogP contribution in [-0.4, -0.2) is 27.2 Å². The first-order chi connectivity index (χ1) is 12.1. The summed E-state index contributed by atoms with van der Waals surface area (Å²) in [7, 11) is 4.83. The van der Waals surface area contributed by atoms with Crippen LogP contribution in [0.2, 0.25) is 0 Å². The lowest BCUT2D eigenvalue weighted by Gasteiger charge is -2.17. The van der Waals surface area contributed by atoms with E-state index in [1.54, 1.807) is 21.3 Å². The van der Waals surface area contributed by atoms with E-state index in [0.29, 0.717) is 24.3 Å². The summed E-state index contributed by atoms with van der Waals surface area (Å²) in [6.45, 7) is 1.95. The number of para-hydroxylation sites is 1. The predicted molar refractivity (Wildman–Crippen MR) is 97.4 cm³/mol. The minimum atomic E-state index is -0.117. The third kappa shape index (κ3) is 4.89. The molecular formula is C20H25NO4. The second-order valence-corrected chi connectivity index (χ2v) is 5.72. The van der Waals surface area contributed by atoms with Crippen LogP contribution in [0.4, 0.5) is 0 Å². The summed E-state index contributed by atoms with van der Waals surface area (Å²) in [6, 6.07) is 13.3. The predicted octanol–water partition coefficient (Wildman–Crippen LogP) is 3.52. The van der Waals surface area contributed by atoms with Gasteiger partial charge in [-0.3, -0.25) is 4.79 Å². The van der Waals surface area contributed by atoms with Crippen molar-refractivity contribution < 1.29 is 19.0 Å². The molecule has 0 spiro atoms. The molecule has 0 saturated carbocycles. The van der Waals surface area contributed by atoms with Crippen molar-refractivity contribution in [2.45, 2.75) is 25.8 Å². The highest BCUT2D eigenvalue weighted by Gasteiger charge is 2.14. The molecule has 2 aromatic rings. The average molecular weight is 343 g/mol. The standard InChI is InChI=1S/C20H25NO4/c1-14(16-7-5-6-8-17(16)23-2)21-20(22)12-10-15-9-11-18(24-3)19(13-15)25-4/h5-9,11,13-14H,10,12H2,1-4H3,(H,21,22)/t14-/m0/s1. The Hall–Kier alpha value is -2.69. The van der Waals surface area contributed by atoms with Crippen LogP contribution in [0, 0.1) is 0 Å². The van der Waals surface area contributed by atoms with Crippen molar-refractivity contribution in [2.24, 2.45) is 0 Å². The molecule has 5 heteroatoms. The van der Waals surface area contributed by atoms with Crippen LogP contribution >= 0.6 is 0 Å². The fourth-order valence-corrected chi connectivity index (χ4v) is 2.71. The molecule has 0 aromatic heterocycles. The second-order valence-electron chi connectivity index (χ2n) is 5.72. The monoisotopic (exact) mass is 343 g/mol. The maximum atomic E-state index is 12.3. The van der Waals surface area contributed by atoms with Crippen LogP contribution in [0.5, 0.6) is 17.2 Å². The van der Waals surface area contributed by atoms with Gasteiger partial charge in [-0.1, -0.05) is 24.3 Å². The molecule has 2 rings (SSSR count). The number of aryl methyl sites for hydroxylation is 1. The molecule has 134 valence electrons. The molecular weight excluding hydrogens is 318 g/mol. The van der Waals surface area contributed by atoms with Gasteiger partial charge < -0.3 is 19.5 Å². The van der Waals surface area contributed by atoms with Gasteiger partial charge in [0.2, 0.25) is 5.91 Å². The Morgan fingerprint density at radius 1 is 0.960 bits per heavy atom. The quantitative estimate of drug-likeness (QED) is 0.797. The van der Waals surface area contributed by atoms with Gasteiger partial charge in [-0.25, -0.2) is 0 Å². The van der Waals surface area contributed by atoms with Crippen LogP contribution in [0.25, 0.3) is 0 Å². The van der Waals surface area contributed by atoms with Crippen LogP contribution in [0.3, 0.4) is 0 Å². The highest BCUT2D eigenvalue weighted by molar-refractivity contribution is 5.76. The van der Waals surface area contributed by atoms with Crippen LogP contribution in [-0.2, 0) is 11.2 Å². The van der Waals surface area contributed by atoms with Crippen LogP contribution in [0.15, 0.2) is 42.5 Å². The number of amides is 1. The van der Waals surface area contributed by atoms with Gasteiger partial charge in [-0.15, -0.1) is 0 Å². The Morgan fingerprint density at radius 2 is 1.64 bits per heavy atom. The van der Waals surface area contributed by atoms with E-state index >= 15 is 0 Å². The molecule has 2 aromatic carbocycles. The molecule has 0 radical (unpaired) electrons. The smallest absolute Gasteiger partial charge is 0.220 e. The molecule has 0 fully saturated rings. The zero-order valence-electron chi connectivity index (χ0n) is 15.2. The Kier molecular flexibility index (Phi) is 6.69. The Labute approximate surface area is 148 Å². The number of nitrogens with one attached hydrogen (secondary N) is 1. The zero-order chi connectivity index (χ0) is 18.2. The SMILES string of the molecule is COc1ccc(CCC(=O)N[C@@H](C)c2ccccc2OC)cc1OC. The molecule has 25 heavy (non-hydrogen) atoms. The Balaban J connectivity index is 1.94. The van der Waals surface area contributed by atoms with Crippen molar-refractivity contribution in [1.29, 1.82) is 0 Å². The first-order valence-electron chi connectivity index (χ1n) is 8.22. The van der Waals surface area contributed by atoms with Gasteiger partial charge in [0.05, 0.1) is 27.4 Å². The first kappa shape index (κ1) is 18.6. The molecule has 0 aliphatic carbocycles. The second kappa shape index (κ2) is 8.97. The third-order valence-electron chi connectivity index (χ3n) is 4.07. The highest BCUT2D eigenvalue weighted by Crippen LogP contribution is 2.28. The largest absolute Gasteiger partial charge is 0.496 e. The van der Waals surface area contributed by atoms with Gasteiger partial charge in [0.1, 0.15) is 5.75 Å². The van der Waals surface area contributed by atoms with Crippen molar-refractivity contribution in [1.82, 2.24) is 5.32 Å². The van der Waals surface area contributed by atoms with E-state index in [4.69, 9.17) is 14.2 Å². The minimum Gasteiger partial charge on any atom is -0.496 e. The molecule has 0 bridgehead atoms. The van der Waals surface area contributed by atoms with Gasteiger partial charge in [-0.2, -0.15) is 0 Å². The lowest BCUT2D eigenvalue weighted by Crippen LogP contribution is -2.27. The summed E-state index contributed by atoms with van der Waals surface area (Å²) < 4.78 is 15.9. The number of carbonyl (C=O) groups is 1. The fourth-order valence-electron chi connectivity index (χ4n) is 2.71.